The maximum absolute atomic E-state index is 10.6. The first kappa shape index (κ1) is 13.6. The fourth-order valence-corrected chi connectivity index (χ4v) is 0.574. The number of carbonyl (C=O) groups excluding carboxylic acids is 2. The van der Waals surface area contributed by atoms with E-state index in [1.54, 1.807) is 6.54 Å². The summed E-state index contributed by atoms with van der Waals surface area (Å²) in [5.74, 6) is -0.144. The summed E-state index contributed by atoms with van der Waals surface area (Å²) in [7, 11) is 1.49. The van der Waals surface area contributed by atoms with Crippen LogP contribution in [0.15, 0.2) is 0 Å². The summed E-state index contributed by atoms with van der Waals surface area (Å²) in [6.45, 7) is 1.54. The van der Waals surface area contributed by atoms with Crippen molar-refractivity contribution in [2.24, 2.45) is 0 Å². The van der Waals surface area contributed by atoms with Crippen molar-refractivity contribution in [1.82, 2.24) is 10.2 Å². The Hall–Kier alpha value is 0.0439. The molecule has 0 saturated carbocycles. The van der Waals surface area contributed by atoms with E-state index in [0.29, 0.717) is 6.42 Å². The van der Waals surface area contributed by atoms with E-state index in [1.165, 1.54) is 7.05 Å². The van der Waals surface area contributed by atoms with Gasteiger partial charge in [0.1, 0.15) is 0 Å². The second kappa shape index (κ2) is 5.66. The van der Waals surface area contributed by atoms with Crippen molar-refractivity contribution < 1.29 is 42.3 Å². The second-order valence-corrected chi connectivity index (χ2v) is 1.71. The average molecular weight is 231 g/mol. The Balaban J connectivity index is 0. The molecule has 0 aromatic rings. The molecule has 0 aliphatic carbocycles. The van der Waals surface area contributed by atoms with Crippen LogP contribution in [0.3, 0.4) is 0 Å². The number of rotatable bonds is 0. The molecule has 3 amide bonds. The van der Waals surface area contributed by atoms with Crippen molar-refractivity contribution >= 4 is 11.9 Å². The van der Waals surface area contributed by atoms with Crippen molar-refractivity contribution in [1.29, 1.82) is 0 Å². The fraction of sp³-hybridized carbons (Fsp3) is 0.333. The molecule has 1 aliphatic rings. The average Bonchev–Trinajstić information content (AvgIpc) is 1.84. The van der Waals surface area contributed by atoms with Gasteiger partial charge in [-0.15, -0.1) is 0 Å². The first-order valence-electron chi connectivity index (χ1n) is 2.63. The number of hydrogen-bond acceptors (Lipinski definition) is 2. The van der Waals surface area contributed by atoms with E-state index >= 15 is 0 Å². The molecule has 0 radical (unpaired) electrons. The third-order valence-corrected chi connectivity index (χ3v) is 1.15. The molecule has 58 valence electrons. The Kier molecular flexibility index (Phi) is 7.01. The molecule has 0 unspecified atom stereocenters. The zero-order valence-corrected chi connectivity index (χ0v) is 9.46. The minimum atomic E-state index is -0.355. The Morgan fingerprint density at radius 2 is 2.27 bits per heavy atom. The van der Waals surface area contributed by atoms with Crippen molar-refractivity contribution in [3.05, 3.63) is 14.0 Å². The summed E-state index contributed by atoms with van der Waals surface area (Å²) < 4.78 is 0. The second-order valence-electron chi connectivity index (χ2n) is 1.71. The summed E-state index contributed by atoms with van der Waals surface area (Å²) in [6, 6.07) is -0.355. The third-order valence-electron chi connectivity index (χ3n) is 1.15. The van der Waals surface area contributed by atoms with E-state index < -0.39 is 0 Å². The largest absolute Gasteiger partial charge is 3.00 e. The molecule has 4 nitrogen and oxygen atoms in total. The van der Waals surface area contributed by atoms with Gasteiger partial charge in [-0.05, 0) is 0 Å². The van der Waals surface area contributed by atoms with Crippen LogP contribution in [0.4, 0.5) is 4.79 Å². The topological polar surface area (TPSA) is 49.4 Å². The molecular formula is C6H10N2O2Y+. The van der Waals surface area contributed by atoms with Crippen molar-refractivity contribution in [3.63, 3.8) is 0 Å². The Morgan fingerprint density at radius 3 is 2.36 bits per heavy atom. The number of amides is 3. The molecule has 0 aromatic carbocycles. The summed E-state index contributed by atoms with van der Waals surface area (Å²) >= 11 is 0. The van der Waals surface area contributed by atoms with E-state index in [4.69, 9.17) is 0 Å². The van der Waals surface area contributed by atoms with Crippen LogP contribution in [0.1, 0.15) is 6.42 Å². The van der Waals surface area contributed by atoms with Crippen LogP contribution >= 0.6 is 0 Å². The van der Waals surface area contributed by atoms with Gasteiger partial charge in [-0.2, -0.15) is 0 Å². The van der Waals surface area contributed by atoms with Crippen LogP contribution in [0.2, 0.25) is 0 Å². The molecular weight excluding hydrogens is 221 g/mol. The summed E-state index contributed by atoms with van der Waals surface area (Å²) in [4.78, 5) is 22.1. The van der Waals surface area contributed by atoms with Crippen LogP contribution in [-0.4, -0.2) is 23.9 Å². The number of likely N-dealkylation sites (tertiary alicyclic amines) is 1. The van der Waals surface area contributed by atoms with Gasteiger partial charge < -0.3 is 17.6 Å². The zero-order valence-electron chi connectivity index (χ0n) is 6.63. The predicted octanol–water partition coefficient (Wildman–Crippen LogP) is 0.168. The van der Waals surface area contributed by atoms with Crippen molar-refractivity contribution in [2.45, 2.75) is 6.42 Å². The van der Waals surface area contributed by atoms with E-state index in [9.17, 15) is 9.59 Å². The van der Waals surface area contributed by atoms with E-state index in [2.05, 4.69) is 5.32 Å². The minimum absolute atomic E-state index is 0. The summed E-state index contributed by atoms with van der Waals surface area (Å²) in [6.07, 6.45) is 0.382. The first-order valence-corrected chi connectivity index (χ1v) is 2.63. The van der Waals surface area contributed by atoms with Gasteiger partial charge in [-0.1, -0.05) is 6.42 Å². The quantitative estimate of drug-likeness (QED) is 0.477. The molecule has 1 N–H and O–H groups in total. The Bertz CT molecular complexity index is 161. The van der Waals surface area contributed by atoms with Crippen LogP contribution < -0.4 is 5.32 Å². The van der Waals surface area contributed by atoms with Gasteiger partial charge in [0.2, 0.25) is 0 Å². The van der Waals surface area contributed by atoms with Crippen LogP contribution in [0.5, 0.6) is 0 Å². The first-order chi connectivity index (χ1) is 4.25. The van der Waals surface area contributed by atoms with Gasteiger partial charge in [-0.25, -0.2) is 6.54 Å². The number of imide groups is 1. The van der Waals surface area contributed by atoms with Gasteiger partial charge in [0.05, 0.1) is 0 Å². The molecule has 11 heavy (non-hydrogen) atoms. The van der Waals surface area contributed by atoms with E-state index in [-0.39, 0.29) is 52.1 Å². The van der Waals surface area contributed by atoms with Crippen LogP contribution in [0, 0.1) is 14.0 Å². The monoisotopic (exact) mass is 231 g/mol. The van der Waals surface area contributed by atoms with Gasteiger partial charge in [0.25, 0.3) is 6.03 Å². The van der Waals surface area contributed by atoms with E-state index in [1.807, 2.05) is 0 Å². The minimum Gasteiger partial charge on any atom is -0.419 e. The zero-order chi connectivity index (χ0) is 6.85. The molecule has 0 bridgehead atoms. The number of nitrogens with one attached hydrogen (secondary N) is 1. The van der Waals surface area contributed by atoms with Gasteiger partial charge >= 0.3 is 32.7 Å². The number of urea groups is 1. The van der Waals surface area contributed by atoms with Crippen molar-refractivity contribution in [2.75, 3.05) is 7.05 Å². The molecule has 1 saturated heterocycles. The Labute approximate surface area is 91.6 Å². The Morgan fingerprint density at radius 1 is 1.73 bits per heavy atom. The molecule has 0 spiro atoms. The van der Waals surface area contributed by atoms with Gasteiger partial charge in [0, 0.05) is 7.05 Å². The molecule has 0 atom stereocenters. The molecule has 5 heteroatoms. The maximum atomic E-state index is 10.6. The SMILES string of the molecule is CNC(=O)N1[CH-]CC1=O.[CH3-].[Y+3]. The normalized spacial score (nSPS) is 13.9. The third kappa shape index (κ3) is 2.87. The molecule has 1 fully saturated rings. The van der Waals surface area contributed by atoms with Gasteiger partial charge in [-0.3, -0.25) is 9.59 Å². The molecule has 1 aliphatic heterocycles. The maximum Gasteiger partial charge on any atom is 3.00 e. The summed E-state index contributed by atoms with van der Waals surface area (Å²) in [5.41, 5.74) is 0. The van der Waals surface area contributed by atoms with Gasteiger partial charge in [0.15, 0.2) is 5.91 Å². The number of hydrogen-bond donors (Lipinski definition) is 1. The number of carbonyl (C=O) groups is 2. The predicted molar refractivity (Wildman–Crippen MR) is 36.6 cm³/mol. The standard InChI is InChI=1S/C5H7N2O2.CH3.Y/c1-6-5(9)7-3-2-4(7)8;;/h3H,2H2,1H3,(H,6,9);1H3;/q2*-1;+3. The smallest absolute Gasteiger partial charge is 0.419 e. The van der Waals surface area contributed by atoms with Crippen LogP contribution in [-0.2, 0) is 37.5 Å². The van der Waals surface area contributed by atoms with E-state index in [0.717, 1.165) is 4.90 Å². The number of β-lactam (4-membered cyclic amide) rings is 1. The number of nitrogens with zero attached hydrogens (tertiary/aromatic N) is 1. The van der Waals surface area contributed by atoms with Crippen LogP contribution in [0.25, 0.3) is 0 Å². The fourth-order valence-electron chi connectivity index (χ4n) is 0.574. The van der Waals surface area contributed by atoms with Crippen molar-refractivity contribution in [3.8, 4) is 0 Å². The molecule has 1 heterocycles. The molecule has 1 rings (SSSR count). The molecule has 0 aromatic heterocycles. The summed E-state index contributed by atoms with van der Waals surface area (Å²) in [5, 5.41) is 2.33.